The van der Waals surface area contributed by atoms with E-state index in [1.54, 1.807) is 0 Å². The molecule has 2 nitrogen and oxygen atoms in total. The molecule has 0 heterocycles. The summed E-state index contributed by atoms with van der Waals surface area (Å²) in [5.74, 6) is 0. The van der Waals surface area contributed by atoms with Crippen molar-refractivity contribution in [2.24, 2.45) is 0 Å². The molecule has 0 spiro atoms. The van der Waals surface area contributed by atoms with Crippen LogP contribution < -0.4 is 0 Å². The van der Waals surface area contributed by atoms with Crippen molar-refractivity contribution in [2.45, 2.75) is 0 Å². The predicted octanol–water partition coefficient (Wildman–Crippen LogP) is -2.99. The second-order valence-corrected chi connectivity index (χ2v) is 0. The summed E-state index contributed by atoms with van der Waals surface area (Å²) in [7, 11) is 0. The fraction of sp³-hybridized carbons (Fsp3) is 0. The van der Waals surface area contributed by atoms with Crippen LogP contribution in [0.25, 0.3) is 0 Å². The second-order valence-electron chi connectivity index (χ2n) is 0. The molecule has 0 unspecified atom stereocenters. The van der Waals surface area contributed by atoms with E-state index in [0.717, 1.165) is 0 Å². The van der Waals surface area contributed by atoms with Crippen molar-refractivity contribution >= 4 is 55.1 Å². The Kier molecular flexibility index (Phi) is 526. The molecule has 0 amide bonds. The fourth-order valence-electron chi connectivity index (χ4n) is 0. The maximum absolute atomic E-state index is 0. The van der Waals surface area contributed by atoms with E-state index < -0.39 is 0 Å². The van der Waals surface area contributed by atoms with Crippen LogP contribution in [-0.4, -0.2) is 66.1 Å². The van der Waals surface area contributed by atoms with Gasteiger partial charge in [-0.2, -0.15) is 0 Å². The Labute approximate surface area is 169 Å². The minimum absolute atomic E-state index is 0. The maximum Gasteiger partial charge on any atom is 2.00 e. The summed E-state index contributed by atoms with van der Waals surface area (Å²) in [6.07, 6.45) is 0. The van der Waals surface area contributed by atoms with E-state index in [1.807, 2.05) is 0 Å². The van der Waals surface area contributed by atoms with Crippen molar-refractivity contribution in [1.82, 2.24) is 0 Å². The first-order chi connectivity index (χ1) is 0. The standard InChI is InChI=1S/Al.Ca.2La.Mn.Ni.2H2O.5H/h;;;;;;2*1H2;;;;;/q;+2;;;;;;;;;;2*-1. The molecule has 0 fully saturated rings. The van der Waals surface area contributed by atoms with Crippen molar-refractivity contribution in [3.8, 4) is 0 Å². The Bertz CT molecular complexity index is 27.2. The van der Waals surface area contributed by atoms with Gasteiger partial charge in [0.15, 0.2) is 17.4 Å². The predicted molar refractivity (Wildman–Crippen MR) is 25.1 cm³/mol. The average Bonchev–Trinajstić information content (AvgIpc) is 0. The summed E-state index contributed by atoms with van der Waals surface area (Å²) < 4.78 is 0. The number of hydrogen-bond acceptors (Lipinski definition) is 0. The van der Waals surface area contributed by atoms with E-state index >= 15 is 0 Å². The minimum atomic E-state index is 0. The van der Waals surface area contributed by atoms with Crippen LogP contribution in [0, 0.1) is 71.2 Å². The normalized spacial score (nSPS) is 0. The Morgan fingerprint density at radius 1 is 0.875 bits per heavy atom. The van der Waals surface area contributed by atoms with Gasteiger partial charge in [0.2, 0.25) is 0 Å². The van der Waals surface area contributed by atoms with E-state index in [4.69, 9.17) is 0 Å². The number of hydrogen-bond donors (Lipinski definition) is 0. The van der Waals surface area contributed by atoms with E-state index in [9.17, 15) is 0 Å². The van der Waals surface area contributed by atoms with Gasteiger partial charge in [-0.3, -0.25) is 0 Å². The molecule has 0 aromatic heterocycles. The molecular formula is H9AlCaLa2MnNiO2. The molecule has 0 aromatic rings. The van der Waals surface area contributed by atoms with Crippen LogP contribution in [-0.2, 0) is 33.6 Å². The molecule has 8 heteroatoms. The average molecular weight is 500 g/mol. The van der Waals surface area contributed by atoms with E-state index in [2.05, 4.69) is 0 Å². The molecule has 0 saturated heterocycles. The first-order valence-corrected chi connectivity index (χ1v) is 0. The van der Waals surface area contributed by atoms with E-state index in [-0.39, 0.29) is 174 Å². The molecule has 0 aromatic carbocycles. The topological polar surface area (TPSA) is 63.0 Å². The molecule has 0 saturated carbocycles. The number of rotatable bonds is 0. The molecule has 4 N–H and O–H groups in total. The van der Waals surface area contributed by atoms with Crippen molar-refractivity contribution < 1.29 is 119 Å². The first-order valence-electron chi connectivity index (χ1n) is 0. The molecule has 0 aliphatic rings. The second kappa shape index (κ2) is 57.2. The Morgan fingerprint density at radius 3 is 0.875 bits per heavy atom. The Morgan fingerprint density at radius 2 is 0.875 bits per heavy atom. The van der Waals surface area contributed by atoms with Crippen LogP contribution in [0.1, 0.15) is 2.85 Å². The zero-order valence-electron chi connectivity index (χ0n) is 5.56. The van der Waals surface area contributed by atoms with Gasteiger partial charge in [-0.25, -0.2) is 0 Å². The van der Waals surface area contributed by atoms with Crippen molar-refractivity contribution in [2.75, 3.05) is 0 Å². The van der Waals surface area contributed by atoms with E-state index in [0.29, 0.717) is 0 Å². The molecule has 8 heavy (non-hydrogen) atoms. The van der Waals surface area contributed by atoms with Crippen LogP contribution >= 0.6 is 0 Å². The van der Waals surface area contributed by atoms with Gasteiger partial charge in [-0.05, 0) is 0 Å². The van der Waals surface area contributed by atoms with Crippen LogP contribution in [0.15, 0.2) is 0 Å². The summed E-state index contributed by atoms with van der Waals surface area (Å²) in [6.45, 7) is 0. The van der Waals surface area contributed by atoms with Gasteiger partial charge >= 0.3 is 37.7 Å². The third-order valence-electron chi connectivity index (χ3n) is 0. The molecule has 3 radical (unpaired) electrons. The van der Waals surface area contributed by atoms with Crippen molar-refractivity contribution in [1.29, 1.82) is 0 Å². The molecule has 0 atom stereocenters. The molecule has 0 aliphatic carbocycles. The Hall–Kier alpha value is 5.11. The first kappa shape index (κ1) is 73.6. The van der Waals surface area contributed by atoms with Gasteiger partial charge in [-0.1, -0.05) is 0 Å². The van der Waals surface area contributed by atoms with Gasteiger partial charge < -0.3 is 13.8 Å². The molecule has 0 rings (SSSR count). The van der Waals surface area contributed by atoms with Crippen LogP contribution in [0.5, 0.6) is 0 Å². The minimum Gasteiger partial charge on any atom is -1.00 e. The molecular weight excluding hydrogens is 491 g/mol. The zero-order valence-corrected chi connectivity index (χ0v) is 15.2. The summed E-state index contributed by atoms with van der Waals surface area (Å²) in [5, 5.41) is 0. The summed E-state index contributed by atoms with van der Waals surface area (Å²) in [4.78, 5) is 0. The van der Waals surface area contributed by atoms with Crippen molar-refractivity contribution in [3.05, 3.63) is 0 Å². The summed E-state index contributed by atoms with van der Waals surface area (Å²) in [5.41, 5.74) is 0. The zero-order chi connectivity index (χ0) is 0. The molecule has 49 valence electrons. The van der Waals surface area contributed by atoms with Crippen LogP contribution in [0.3, 0.4) is 0 Å². The smallest absolute Gasteiger partial charge is 1.00 e. The van der Waals surface area contributed by atoms with Gasteiger partial charge in [-0.15, -0.1) is 0 Å². The SMILES string of the molecule is O.O.[AlH3].[Ca+2].[H-].[H-].[La].[La].[Mn].[Ni]. The summed E-state index contributed by atoms with van der Waals surface area (Å²) in [6, 6.07) is 0. The summed E-state index contributed by atoms with van der Waals surface area (Å²) >= 11 is 0. The fourth-order valence-corrected chi connectivity index (χ4v) is 0. The van der Waals surface area contributed by atoms with Gasteiger partial charge in [0.05, 0.1) is 0 Å². The molecule has 0 aliphatic heterocycles. The third kappa shape index (κ3) is 43.5. The van der Waals surface area contributed by atoms with Crippen LogP contribution in [0.4, 0.5) is 0 Å². The maximum atomic E-state index is 0. The van der Waals surface area contributed by atoms with Gasteiger partial charge in [0, 0.05) is 105 Å². The van der Waals surface area contributed by atoms with Crippen LogP contribution in [0.2, 0.25) is 0 Å². The third-order valence-corrected chi connectivity index (χ3v) is 0. The van der Waals surface area contributed by atoms with Gasteiger partial charge in [0.25, 0.3) is 0 Å². The van der Waals surface area contributed by atoms with E-state index in [1.165, 1.54) is 0 Å². The van der Waals surface area contributed by atoms with Crippen molar-refractivity contribution in [3.63, 3.8) is 0 Å². The Balaban J connectivity index is 0. The van der Waals surface area contributed by atoms with Gasteiger partial charge in [0.1, 0.15) is 0 Å². The monoisotopic (exact) mass is 499 g/mol. The molecule has 0 bridgehead atoms. The largest absolute Gasteiger partial charge is 2.00 e. The quantitative estimate of drug-likeness (QED) is 0.319.